The third kappa shape index (κ3) is 4.37. The summed E-state index contributed by atoms with van der Waals surface area (Å²) in [7, 11) is 0. The van der Waals surface area contributed by atoms with Gasteiger partial charge >= 0.3 is 5.97 Å². The number of amides is 1. The van der Waals surface area contributed by atoms with E-state index >= 15 is 0 Å². The van der Waals surface area contributed by atoms with E-state index in [1.54, 1.807) is 23.1 Å². The molecule has 2 aliphatic heterocycles. The minimum atomic E-state index is -0.528. The predicted molar refractivity (Wildman–Crippen MR) is 107 cm³/mol. The van der Waals surface area contributed by atoms with Gasteiger partial charge in [-0.3, -0.25) is 14.4 Å². The van der Waals surface area contributed by atoms with E-state index in [0.29, 0.717) is 36.0 Å². The van der Waals surface area contributed by atoms with Gasteiger partial charge in [-0.1, -0.05) is 12.1 Å². The Kier molecular flexibility index (Phi) is 5.71. The Bertz CT molecular complexity index is 960. The lowest BCUT2D eigenvalue weighted by Gasteiger charge is -2.28. The van der Waals surface area contributed by atoms with Crippen molar-refractivity contribution in [3.63, 3.8) is 0 Å². The van der Waals surface area contributed by atoms with Gasteiger partial charge < -0.3 is 19.1 Å². The van der Waals surface area contributed by atoms with Gasteiger partial charge in [0.25, 0.3) is 0 Å². The Morgan fingerprint density at radius 2 is 1.86 bits per heavy atom. The van der Waals surface area contributed by atoms with E-state index in [0.717, 1.165) is 10.6 Å². The fourth-order valence-electron chi connectivity index (χ4n) is 3.12. The summed E-state index contributed by atoms with van der Waals surface area (Å²) < 4.78 is 16.0. The minimum absolute atomic E-state index is 0.0131. The molecule has 0 spiro atoms. The van der Waals surface area contributed by atoms with Crippen LogP contribution in [-0.2, 0) is 14.3 Å². The van der Waals surface area contributed by atoms with Gasteiger partial charge in [-0.2, -0.15) is 0 Å². The number of nitrogens with zero attached hydrogens (tertiary/aromatic N) is 1. The molecule has 1 amide bonds. The second-order valence-corrected chi connectivity index (χ2v) is 7.51. The number of para-hydroxylation sites is 1. The first kappa shape index (κ1) is 19.3. The smallest absolute Gasteiger partial charge is 0.308 e. The van der Waals surface area contributed by atoms with Crippen molar-refractivity contribution in [2.45, 2.75) is 11.3 Å². The highest BCUT2D eigenvalue weighted by Crippen LogP contribution is 2.35. The van der Waals surface area contributed by atoms with E-state index in [1.165, 1.54) is 11.8 Å². The molecule has 0 N–H and O–H groups in total. The van der Waals surface area contributed by atoms with Crippen LogP contribution >= 0.6 is 11.8 Å². The molecule has 2 aromatic carbocycles. The van der Waals surface area contributed by atoms with Crippen LogP contribution in [-0.4, -0.2) is 49.8 Å². The van der Waals surface area contributed by atoms with Crippen molar-refractivity contribution < 1.29 is 28.6 Å². The Morgan fingerprint density at radius 1 is 1.07 bits per heavy atom. The van der Waals surface area contributed by atoms with Gasteiger partial charge in [-0.15, -0.1) is 11.8 Å². The van der Waals surface area contributed by atoms with Crippen molar-refractivity contribution in [2.75, 3.05) is 37.0 Å². The Balaban J connectivity index is 1.30. The van der Waals surface area contributed by atoms with Crippen LogP contribution in [0.2, 0.25) is 0 Å². The van der Waals surface area contributed by atoms with E-state index in [2.05, 4.69) is 0 Å². The SMILES string of the molecule is O=C(CCN1C(=O)CSc2ccccc21)OCC(=O)c1ccc2c(c1)OCCO2. The molecule has 150 valence electrons. The number of ether oxygens (including phenoxy) is 3. The molecular formula is C21H19NO6S. The van der Waals surface area contributed by atoms with Crippen LogP contribution in [0.4, 0.5) is 5.69 Å². The van der Waals surface area contributed by atoms with Gasteiger partial charge in [0.15, 0.2) is 23.9 Å². The topological polar surface area (TPSA) is 82.1 Å². The predicted octanol–water partition coefficient (Wildman–Crippen LogP) is 2.71. The number of ketones is 1. The van der Waals surface area contributed by atoms with Gasteiger partial charge in [0.05, 0.1) is 17.9 Å². The van der Waals surface area contributed by atoms with E-state index < -0.39 is 5.97 Å². The summed E-state index contributed by atoms with van der Waals surface area (Å²) >= 11 is 1.49. The minimum Gasteiger partial charge on any atom is -0.486 e. The Labute approximate surface area is 171 Å². The first-order valence-corrected chi connectivity index (χ1v) is 10.2. The molecule has 0 radical (unpaired) electrons. The van der Waals surface area contributed by atoms with E-state index in [9.17, 15) is 14.4 Å². The molecule has 29 heavy (non-hydrogen) atoms. The molecule has 7 nitrogen and oxygen atoms in total. The van der Waals surface area contributed by atoms with Crippen molar-refractivity contribution in [1.29, 1.82) is 0 Å². The first-order chi connectivity index (χ1) is 14.1. The zero-order valence-corrected chi connectivity index (χ0v) is 16.4. The van der Waals surface area contributed by atoms with Crippen molar-refractivity contribution >= 4 is 35.1 Å². The molecule has 0 bridgehead atoms. The molecule has 2 heterocycles. The van der Waals surface area contributed by atoms with Crippen molar-refractivity contribution in [1.82, 2.24) is 0 Å². The van der Waals surface area contributed by atoms with Crippen LogP contribution in [0.15, 0.2) is 47.4 Å². The molecule has 4 rings (SSSR count). The molecule has 0 saturated carbocycles. The molecular weight excluding hydrogens is 394 g/mol. The third-order valence-electron chi connectivity index (χ3n) is 4.58. The maximum atomic E-state index is 12.3. The van der Waals surface area contributed by atoms with Crippen LogP contribution < -0.4 is 14.4 Å². The normalized spacial score (nSPS) is 14.9. The lowest BCUT2D eigenvalue weighted by molar-refractivity contribution is -0.142. The van der Waals surface area contributed by atoms with Crippen LogP contribution in [0, 0.1) is 0 Å². The highest BCUT2D eigenvalue weighted by molar-refractivity contribution is 8.00. The van der Waals surface area contributed by atoms with Crippen molar-refractivity contribution in [3.05, 3.63) is 48.0 Å². The van der Waals surface area contributed by atoms with Crippen molar-refractivity contribution in [3.8, 4) is 11.5 Å². The second-order valence-electron chi connectivity index (χ2n) is 6.49. The largest absolute Gasteiger partial charge is 0.486 e. The summed E-state index contributed by atoms with van der Waals surface area (Å²) in [4.78, 5) is 39.2. The summed E-state index contributed by atoms with van der Waals surface area (Å²) in [5.41, 5.74) is 1.19. The zero-order valence-electron chi connectivity index (χ0n) is 15.6. The van der Waals surface area contributed by atoms with Gasteiger partial charge in [0.1, 0.15) is 13.2 Å². The molecule has 0 aromatic heterocycles. The third-order valence-corrected chi connectivity index (χ3v) is 5.62. The highest BCUT2D eigenvalue weighted by Gasteiger charge is 2.25. The average Bonchev–Trinajstić information content (AvgIpc) is 2.76. The monoisotopic (exact) mass is 413 g/mol. The van der Waals surface area contributed by atoms with E-state index in [1.807, 2.05) is 24.3 Å². The van der Waals surface area contributed by atoms with Crippen molar-refractivity contribution in [2.24, 2.45) is 0 Å². The van der Waals surface area contributed by atoms with Gasteiger partial charge in [0, 0.05) is 17.0 Å². The molecule has 2 aromatic rings. The second kappa shape index (κ2) is 8.57. The highest BCUT2D eigenvalue weighted by atomic mass is 32.2. The standard InChI is InChI=1S/C21H19NO6S/c23-16(14-5-6-17-18(11-14)27-10-9-26-17)12-28-21(25)7-8-22-15-3-1-2-4-19(15)29-13-20(22)24/h1-6,11H,7-10,12-13H2. The summed E-state index contributed by atoms with van der Waals surface area (Å²) in [6.45, 7) is 0.753. The van der Waals surface area contributed by atoms with Gasteiger partial charge in [0.2, 0.25) is 5.91 Å². The summed E-state index contributed by atoms with van der Waals surface area (Å²) in [5.74, 6) is 0.539. The first-order valence-electron chi connectivity index (χ1n) is 9.22. The van der Waals surface area contributed by atoms with E-state index in [4.69, 9.17) is 14.2 Å². The maximum absolute atomic E-state index is 12.3. The molecule has 2 aliphatic rings. The average molecular weight is 413 g/mol. The van der Waals surface area contributed by atoms with Crippen LogP contribution in [0.1, 0.15) is 16.8 Å². The fraction of sp³-hybridized carbons (Fsp3) is 0.286. The lowest BCUT2D eigenvalue weighted by Crippen LogP contribution is -2.37. The number of anilines is 1. The summed E-state index contributed by atoms with van der Waals surface area (Å²) in [6.07, 6.45) is 0.0131. The number of hydrogen-bond acceptors (Lipinski definition) is 7. The number of carbonyl (C=O) groups is 3. The number of rotatable bonds is 6. The number of carbonyl (C=O) groups excluding carboxylic acids is 3. The number of benzene rings is 2. The fourth-order valence-corrected chi connectivity index (χ4v) is 4.06. The molecule has 0 saturated heterocycles. The molecule has 8 heteroatoms. The Morgan fingerprint density at radius 3 is 2.72 bits per heavy atom. The molecule has 0 aliphatic carbocycles. The quantitative estimate of drug-likeness (QED) is 0.532. The lowest BCUT2D eigenvalue weighted by atomic mass is 10.1. The van der Waals surface area contributed by atoms with Crippen LogP contribution in [0.25, 0.3) is 0 Å². The number of fused-ring (bicyclic) bond motifs is 2. The number of hydrogen-bond donors (Lipinski definition) is 0. The van der Waals surface area contributed by atoms with Crippen LogP contribution in [0.3, 0.4) is 0 Å². The number of thioether (sulfide) groups is 1. The zero-order chi connectivity index (χ0) is 20.2. The molecule has 0 unspecified atom stereocenters. The number of Topliss-reactive ketones (excluding diaryl/α,β-unsaturated/α-hetero) is 1. The molecule has 0 atom stereocenters. The summed E-state index contributed by atoms with van der Waals surface area (Å²) in [6, 6.07) is 12.4. The van der Waals surface area contributed by atoms with Gasteiger partial charge in [-0.05, 0) is 30.3 Å². The van der Waals surface area contributed by atoms with Gasteiger partial charge in [-0.25, -0.2) is 0 Å². The maximum Gasteiger partial charge on any atom is 0.308 e. The number of esters is 1. The van der Waals surface area contributed by atoms with E-state index in [-0.39, 0.29) is 31.3 Å². The van der Waals surface area contributed by atoms with Crippen LogP contribution in [0.5, 0.6) is 11.5 Å². The molecule has 0 fully saturated rings. The summed E-state index contributed by atoms with van der Waals surface area (Å²) in [5, 5.41) is 0. The Hall–Kier alpha value is -3.00.